The lowest BCUT2D eigenvalue weighted by molar-refractivity contribution is 0.0619. The zero-order valence-corrected chi connectivity index (χ0v) is 20.8. The Balaban J connectivity index is 1.30. The number of thioether (sulfide) groups is 1. The van der Waals surface area contributed by atoms with E-state index in [1.165, 1.54) is 29.5 Å². The predicted molar refractivity (Wildman–Crippen MR) is 133 cm³/mol. The molecule has 0 atom stereocenters. The van der Waals surface area contributed by atoms with E-state index < -0.39 is 0 Å². The number of aromatic nitrogens is 1. The molecule has 3 heterocycles. The lowest BCUT2D eigenvalue weighted by Crippen LogP contribution is -2.48. The lowest BCUT2D eigenvalue weighted by Gasteiger charge is -2.34. The number of hydrogen-bond donors (Lipinski definition) is 0. The van der Waals surface area contributed by atoms with Crippen LogP contribution >= 0.6 is 35.0 Å². The van der Waals surface area contributed by atoms with E-state index in [9.17, 15) is 9.59 Å². The van der Waals surface area contributed by atoms with Crippen LogP contribution in [-0.4, -0.2) is 53.1 Å². The minimum atomic E-state index is -0.223. The standard InChI is InChI=1S/C24H23Cl2N3O4S/c1-34-19-4-2-16(3-5-19)14-33-22-15-32-18(11-21(22)30)13-28-6-8-29(9-7-28)24(31)20-10-17(25)12-27-23(20)26/h2-5,10-12,15H,6-9,13-14H2,1H3. The molecule has 0 spiro atoms. The topological polar surface area (TPSA) is 75.9 Å². The number of nitrogens with zero attached hydrogens (tertiary/aromatic N) is 3. The second kappa shape index (κ2) is 11.3. The Morgan fingerprint density at radius 2 is 1.88 bits per heavy atom. The second-order valence-corrected chi connectivity index (χ2v) is 9.45. The fraction of sp³-hybridized carbons (Fsp3) is 0.292. The van der Waals surface area contributed by atoms with E-state index in [0.29, 0.717) is 55.7 Å². The summed E-state index contributed by atoms with van der Waals surface area (Å²) in [6.07, 6.45) is 4.79. The average Bonchev–Trinajstić information content (AvgIpc) is 2.85. The van der Waals surface area contributed by atoms with E-state index in [-0.39, 0.29) is 22.2 Å². The summed E-state index contributed by atoms with van der Waals surface area (Å²) in [5, 5.41) is 0.500. The molecule has 34 heavy (non-hydrogen) atoms. The Kier molecular flexibility index (Phi) is 8.15. The highest BCUT2D eigenvalue weighted by Gasteiger charge is 2.25. The fourth-order valence-electron chi connectivity index (χ4n) is 3.58. The molecule has 178 valence electrons. The molecule has 0 bridgehead atoms. The molecule has 2 aromatic heterocycles. The number of rotatable bonds is 7. The van der Waals surface area contributed by atoms with Crippen molar-refractivity contribution >= 4 is 40.9 Å². The number of piperazine rings is 1. The molecule has 7 nitrogen and oxygen atoms in total. The summed E-state index contributed by atoms with van der Waals surface area (Å²) >= 11 is 13.7. The van der Waals surface area contributed by atoms with Crippen molar-refractivity contribution in [3.8, 4) is 5.75 Å². The van der Waals surface area contributed by atoms with Crippen molar-refractivity contribution in [3.63, 3.8) is 0 Å². The molecule has 1 saturated heterocycles. The first-order chi connectivity index (χ1) is 16.4. The number of carbonyl (C=O) groups excluding carboxylic acids is 1. The highest BCUT2D eigenvalue weighted by atomic mass is 35.5. The Hall–Kier alpha value is -2.52. The zero-order chi connectivity index (χ0) is 24.1. The van der Waals surface area contributed by atoms with Gasteiger partial charge in [0, 0.05) is 43.3 Å². The van der Waals surface area contributed by atoms with E-state index in [4.69, 9.17) is 32.4 Å². The number of hydrogen-bond acceptors (Lipinski definition) is 7. The van der Waals surface area contributed by atoms with Gasteiger partial charge in [-0.15, -0.1) is 11.8 Å². The maximum Gasteiger partial charge on any atom is 0.257 e. The van der Waals surface area contributed by atoms with Crippen LogP contribution in [0.1, 0.15) is 21.7 Å². The molecular weight excluding hydrogens is 497 g/mol. The summed E-state index contributed by atoms with van der Waals surface area (Å²) in [6, 6.07) is 11.0. The van der Waals surface area contributed by atoms with Crippen LogP contribution in [0.25, 0.3) is 0 Å². The SMILES string of the molecule is CSc1ccc(COc2coc(CN3CCN(C(=O)c4cc(Cl)cnc4Cl)CC3)cc2=O)cc1. The van der Waals surface area contributed by atoms with Crippen molar-refractivity contribution in [1.82, 2.24) is 14.8 Å². The van der Waals surface area contributed by atoms with Crippen molar-refractivity contribution in [3.05, 3.63) is 86.1 Å². The number of carbonyl (C=O) groups is 1. The van der Waals surface area contributed by atoms with Crippen molar-refractivity contribution < 1.29 is 13.9 Å². The zero-order valence-electron chi connectivity index (χ0n) is 18.5. The molecular formula is C24H23Cl2N3O4S. The summed E-state index contributed by atoms with van der Waals surface area (Å²) < 4.78 is 11.3. The summed E-state index contributed by atoms with van der Waals surface area (Å²) in [7, 11) is 0. The third kappa shape index (κ3) is 6.13. The first-order valence-corrected chi connectivity index (χ1v) is 12.6. The first-order valence-electron chi connectivity index (χ1n) is 10.6. The number of amides is 1. The normalized spacial score (nSPS) is 14.3. The molecule has 0 N–H and O–H groups in total. The van der Waals surface area contributed by atoms with Gasteiger partial charge >= 0.3 is 0 Å². The van der Waals surface area contributed by atoms with Crippen LogP contribution in [0.3, 0.4) is 0 Å². The Labute approximate surface area is 211 Å². The lowest BCUT2D eigenvalue weighted by atomic mass is 10.2. The molecule has 1 aliphatic rings. The van der Waals surface area contributed by atoms with Crippen LogP contribution in [0, 0.1) is 0 Å². The molecule has 1 amide bonds. The molecule has 0 radical (unpaired) electrons. The van der Waals surface area contributed by atoms with Crippen LogP contribution in [-0.2, 0) is 13.2 Å². The number of benzene rings is 1. The molecule has 1 aliphatic heterocycles. The smallest absolute Gasteiger partial charge is 0.257 e. The summed E-state index contributed by atoms with van der Waals surface area (Å²) in [5.41, 5.74) is 1.05. The van der Waals surface area contributed by atoms with Gasteiger partial charge in [-0.25, -0.2) is 4.98 Å². The third-order valence-electron chi connectivity index (χ3n) is 5.48. The molecule has 10 heteroatoms. The van der Waals surface area contributed by atoms with Gasteiger partial charge in [0.15, 0.2) is 0 Å². The summed E-state index contributed by atoms with van der Waals surface area (Å²) in [4.78, 5) is 34.2. The largest absolute Gasteiger partial charge is 0.482 e. The second-order valence-electron chi connectivity index (χ2n) is 7.77. The Morgan fingerprint density at radius 3 is 2.56 bits per heavy atom. The third-order valence-corrected chi connectivity index (χ3v) is 6.73. The first kappa shape index (κ1) is 24.6. The van der Waals surface area contributed by atoms with Crippen LogP contribution < -0.4 is 10.2 Å². The van der Waals surface area contributed by atoms with Crippen LogP contribution in [0.4, 0.5) is 0 Å². The minimum Gasteiger partial charge on any atom is -0.482 e. The van der Waals surface area contributed by atoms with Crippen LogP contribution in [0.2, 0.25) is 10.2 Å². The molecule has 3 aromatic rings. The molecule has 4 rings (SSSR count). The molecule has 0 saturated carbocycles. The number of halogens is 2. The van der Waals surface area contributed by atoms with Gasteiger partial charge in [0.2, 0.25) is 11.2 Å². The van der Waals surface area contributed by atoms with Gasteiger partial charge < -0.3 is 14.1 Å². The van der Waals surface area contributed by atoms with E-state index in [0.717, 1.165) is 5.56 Å². The maximum atomic E-state index is 12.8. The van der Waals surface area contributed by atoms with Gasteiger partial charge in [0.05, 0.1) is 17.1 Å². The van der Waals surface area contributed by atoms with Gasteiger partial charge in [-0.2, -0.15) is 0 Å². The van der Waals surface area contributed by atoms with Crippen molar-refractivity contribution in [1.29, 1.82) is 0 Å². The molecule has 1 fully saturated rings. The minimum absolute atomic E-state index is 0.137. The van der Waals surface area contributed by atoms with Crippen molar-refractivity contribution in [2.24, 2.45) is 0 Å². The summed E-state index contributed by atoms with van der Waals surface area (Å²) in [5.74, 6) is 0.527. The van der Waals surface area contributed by atoms with Crippen LogP contribution in [0.5, 0.6) is 5.75 Å². The van der Waals surface area contributed by atoms with E-state index >= 15 is 0 Å². The maximum absolute atomic E-state index is 12.8. The van der Waals surface area contributed by atoms with E-state index in [1.54, 1.807) is 16.7 Å². The fourth-order valence-corrected chi connectivity index (χ4v) is 4.33. The van der Waals surface area contributed by atoms with Gasteiger partial charge in [-0.1, -0.05) is 35.3 Å². The van der Waals surface area contributed by atoms with Crippen molar-refractivity contribution in [2.75, 3.05) is 32.4 Å². The van der Waals surface area contributed by atoms with Crippen LogP contribution in [0.15, 0.2) is 63.0 Å². The van der Waals surface area contributed by atoms with Gasteiger partial charge in [-0.3, -0.25) is 14.5 Å². The highest BCUT2D eigenvalue weighted by molar-refractivity contribution is 7.98. The average molecular weight is 520 g/mol. The number of ether oxygens (including phenoxy) is 1. The number of pyridine rings is 1. The molecule has 0 unspecified atom stereocenters. The monoisotopic (exact) mass is 519 g/mol. The Bertz CT molecular complexity index is 1210. The molecule has 0 aliphatic carbocycles. The quantitative estimate of drug-likeness (QED) is 0.333. The van der Waals surface area contributed by atoms with Gasteiger partial charge in [-0.05, 0) is 30.0 Å². The highest BCUT2D eigenvalue weighted by Crippen LogP contribution is 2.21. The Morgan fingerprint density at radius 1 is 1.15 bits per heavy atom. The van der Waals surface area contributed by atoms with E-state index in [1.807, 2.05) is 30.5 Å². The predicted octanol–water partition coefficient (Wildman–Crippen LogP) is 4.60. The molecule has 1 aromatic carbocycles. The van der Waals surface area contributed by atoms with E-state index in [2.05, 4.69) is 9.88 Å². The van der Waals surface area contributed by atoms with Gasteiger partial charge in [0.25, 0.3) is 5.91 Å². The summed E-state index contributed by atoms with van der Waals surface area (Å²) in [6.45, 7) is 3.05. The van der Waals surface area contributed by atoms with Crippen molar-refractivity contribution in [2.45, 2.75) is 18.0 Å². The van der Waals surface area contributed by atoms with Gasteiger partial charge in [0.1, 0.15) is 23.8 Å².